The lowest BCUT2D eigenvalue weighted by molar-refractivity contribution is 1.12. The SMILES string of the molecule is CC[CH]c1ccccc1-c1ccccc1-c1ccccc1C. The first-order valence-corrected chi connectivity index (χ1v) is 7.89. The molecule has 0 aromatic heterocycles. The lowest BCUT2D eigenvalue weighted by Gasteiger charge is -2.15. The molecule has 109 valence electrons. The van der Waals surface area contributed by atoms with Crippen LogP contribution in [0.15, 0.2) is 72.8 Å². The van der Waals surface area contributed by atoms with Crippen molar-refractivity contribution in [1.29, 1.82) is 0 Å². The third-order valence-corrected chi connectivity index (χ3v) is 4.04. The minimum Gasteiger partial charge on any atom is -0.0648 e. The maximum absolute atomic E-state index is 2.30. The molecule has 0 nitrogen and oxygen atoms in total. The average Bonchev–Trinajstić information content (AvgIpc) is 2.56. The monoisotopic (exact) mass is 285 g/mol. The van der Waals surface area contributed by atoms with Crippen LogP contribution in [-0.4, -0.2) is 0 Å². The molecule has 3 aromatic rings. The molecule has 0 aliphatic rings. The van der Waals surface area contributed by atoms with Crippen LogP contribution in [0.3, 0.4) is 0 Å². The van der Waals surface area contributed by atoms with Crippen LogP contribution in [-0.2, 0) is 0 Å². The molecule has 0 N–H and O–H groups in total. The molecule has 0 saturated heterocycles. The van der Waals surface area contributed by atoms with Gasteiger partial charge < -0.3 is 0 Å². The molecule has 0 spiro atoms. The standard InChI is InChI=1S/C22H21/c1-3-10-18-12-5-7-14-20(18)22-16-9-8-15-21(22)19-13-6-4-11-17(19)2/h4-16H,3H2,1-2H3. The summed E-state index contributed by atoms with van der Waals surface area (Å²) in [6.07, 6.45) is 3.34. The van der Waals surface area contributed by atoms with Crippen molar-refractivity contribution in [1.82, 2.24) is 0 Å². The Morgan fingerprint density at radius 1 is 0.636 bits per heavy atom. The molecule has 3 aromatic carbocycles. The molecule has 0 saturated carbocycles. The molecule has 0 amide bonds. The lowest BCUT2D eigenvalue weighted by atomic mass is 9.89. The van der Waals surface area contributed by atoms with Crippen LogP contribution in [0.4, 0.5) is 0 Å². The lowest BCUT2D eigenvalue weighted by Crippen LogP contribution is -1.91. The normalized spacial score (nSPS) is 10.6. The average molecular weight is 285 g/mol. The molecule has 22 heavy (non-hydrogen) atoms. The molecule has 0 fully saturated rings. The number of rotatable bonds is 4. The van der Waals surface area contributed by atoms with E-state index >= 15 is 0 Å². The van der Waals surface area contributed by atoms with Gasteiger partial charge in [-0.25, -0.2) is 0 Å². The Bertz CT molecular complexity index is 768. The Kier molecular flexibility index (Phi) is 4.39. The molecule has 0 heterocycles. The third-order valence-electron chi connectivity index (χ3n) is 4.04. The molecule has 1 radical (unpaired) electrons. The van der Waals surface area contributed by atoms with E-state index in [0.29, 0.717) is 0 Å². The van der Waals surface area contributed by atoms with Gasteiger partial charge in [0.1, 0.15) is 0 Å². The summed E-state index contributed by atoms with van der Waals surface area (Å²) in [5, 5.41) is 0. The zero-order valence-electron chi connectivity index (χ0n) is 13.2. The number of hydrogen-bond acceptors (Lipinski definition) is 0. The molecule has 0 atom stereocenters. The van der Waals surface area contributed by atoms with E-state index in [4.69, 9.17) is 0 Å². The summed E-state index contributed by atoms with van der Waals surface area (Å²) >= 11 is 0. The highest BCUT2D eigenvalue weighted by Gasteiger charge is 2.11. The van der Waals surface area contributed by atoms with Crippen LogP contribution >= 0.6 is 0 Å². The van der Waals surface area contributed by atoms with E-state index in [2.05, 4.69) is 93.1 Å². The predicted octanol–water partition coefficient (Wildman–Crippen LogP) is 6.29. The second-order valence-electron chi connectivity index (χ2n) is 5.56. The Morgan fingerprint density at radius 2 is 1.14 bits per heavy atom. The first kappa shape index (κ1) is 14.6. The van der Waals surface area contributed by atoms with Gasteiger partial charge in [0.15, 0.2) is 0 Å². The van der Waals surface area contributed by atoms with Crippen molar-refractivity contribution >= 4 is 0 Å². The van der Waals surface area contributed by atoms with Crippen LogP contribution in [0, 0.1) is 13.3 Å². The number of hydrogen-bond donors (Lipinski definition) is 0. The molecule has 3 rings (SSSR count). The van der Waals surface area contributed by atoms with Crippen molar-refractivity contribution in [3.8, 4) is 22.3 Å². The molecule has 0 heteroatoms. The van der Waals surface area contributed by atoms with E-state index in [1.807, 2.05) is 0 Å². The maximum Gasteiger partial charge on any atom is -0.00894 e. The summed E-state index contributed by atoms with van der Waals surface area (Å²) in [5.74, 6) is 0. The van der Waals surface area contributed by atoms with Crippen molar-refractivity contribution in [2.24, 2.45) is 0 Å². The van der Waals surface area contributed by atoms with E-state index in [0.717, 1.165) is 6.42 Å². The topological polar surface area (TPSA) is 0 Å². The van der Waals surface area contributed by atoms with Gasteiger partial charge in [0, 0.05) is 0 Å². The highest BCUT2D eigenvalue weighted by atomic mass is 14.1. The van der Waals surface area contributed by atoms with Crippen molar-refractivity contribution in [2.45, 2.75) is 20.3 Å². The van der Waals surface area contributed by atoms with Gasteiger partial charge in [-0.2, -0.15) is 0 Å². The maximum atomic E-state index is 2.30. The first-order valence-electron chi connectivity index (χ1n) is 7.89. The van der Waals surface area contributed by atoms with E-state index in [1.165, 1.54) is 33.4 Å². The highest BCUT2D eigenvalue weighted by Crippen LogP contribution is 2.35. The first-order chi connectivity index (χ1) is 10.8. The number of benzene rings is 3. The Morgan fingerprint density at radius 3 is 1.77 bits per heavy atom. The second kappa shape index (κ2) is 6.62. The van der Waals surface area contributed by atoms with Gasteiger partial charge >= 0.3 is 0 Å². The summed E-state index contributed by atoms with van der Waals surface area (Å²) in [5.41, 5.74) is 7.85. The van der Waals surface area contributed by atoms with Gasteiger partial charge in [-0.3, -0.25) is 0 Å². The summed E-state index contributed by atoms with van der Waals surface area (Å²) < 4.78 is 0. The zero-order valence-corrected chi connectivity index (χ0v) is 13.2. The molecule has 0 unspecified atom stereocenters. The van der Waals surface area contributed by atoms with Crippen LogP contribution in [0.2, 0.25) is 0 Å². The van der Waals surface area contributed by atoms with Gasteiger partial charge in [0.25, 0.3) is 0 Å². The highest BCUT2D eigenvalue weighted by molar-refractivity contribution is 5.86. The van der Waals surface area contributed by atoms with E-state index in [9.17, 15) is 0 Å². The van der Waals surface area contributed by atoms with Crippen molar-refractivity contribution in [2.75, 3.05) is 0 Å². The van der Waals surface area contributed by atoms with Gasteiger partial charge in [-0.1, -0.05) is 79.7 Å². The fraction of sp³-hybridized carbons (Fsp3) is 0.136. The van der Waals surface area contributed by atoms with Crippen LogP contribution in [0.1, 0.15) is 24.5 Å². The van der Waals surface area contributed by atoms with Gasteiger partial charge in [0.2, 0.25) is 0 Å². The van der Waals surface area contributed by atoms with Crippen LogP contribution < -0.4 is 0 Å². The van der Waals surface area contributed by atoms with Crippen molar-refractivity contribution in [3.63, 3.8) is 0 Å². The Labute approximate surface area is 133 Å². The van der Waals surface area contributed by atoms with Crippen molar-refractivity contribution < 1.29 is 0 Å². The van der Waals surface area contributed by atoms with Crippen LogP contribution in [0.5, 0.6) is 0 Å². The predicted molar refractivity (Wildman–Crippen MR) is 95.7 cm³/mol. The molecule has 0 aliphatic heterocycles. The summed E-state index contributed by atoms with van der Waals surface area (Å²) in [6, 6.07) is 26.0. The molecular formula is C22H21. The van der Waals surface area contributed by atoms with Crippen LogP contribution in [0.25, 0.3) is 22.3 Å². The fourth-order valence-electron chi connectivity index (χ4n) is 2.97. The molecule has 0 bridgehead atoms. The van der Waals surface area contributed by atoms with E-state index in [-0.39, 0.29) is 0 Å². The van der Waals surface area contributed by atoms with E-state index in [1.54, 1.807) is 0 Å². The fourth-order valence-corrected chi connectivity index (χ4v) is 2.97. The second-order valence-corrected chi connectivity index (χ2v) is 5.56. The summed E-state index contributed by atoms with van der Waals surface area (Å²) in [7, 11) is 0. The summed E-state index contributed by atoms with van der Waals surface area (Å²) in [6.45, 7) is 4.36. The quantitative estimate of drug-likeness (QED) is 0.528. The van der Waals surface area contributed by atoms with E-state index < -0.39 is 0 Å². The summed E-state index contributed by atoms with van der Waals surface area (Å²) in [4.78, 5) is 0. The zero-order chi connectivity index (χ0) is 15.4. The molecule has 0 aliphatic carbocycles. The van der Waals surface area contributed by atoms with Crippen molar-refractivity contribution in [3.05, 3.63) is 90.3 Å². The minimum absolute atomic E-state index is 1.05. The Hall–Kier alpha value is -2.34. The Balaban J connectivity index is 2.20. The van der Waals surface area contributed by atoms with Gasteiger partial charge in [-0.05, 0) is 53.1 Å². The number of aryl methyl sites for hydroxylation is 1. The molecular weight excluding hydrogens is 264 g/mol. The minimum atomic E-state index is 1.05. The third kappa shape index (κ3) is 2.82. The largest absolute Gasteiger partial charge is 0.0648 e. The van der Waals surface area contributed by atoms with Gasteiger partial charge in [-0.15, -0.1) is 0 Å². The van der Waals surface area contributed by atoms with Gasteiger partial charge in [0.05, 0.1) is 0 Å². The smallest absolute Gasteiger partial charge is 0.00894 e.